The molecule has 0 bridgehead atoms. The first kappa shape index (κ1) is 15.0. The number of rotatable bonds is 3. The highest BCUT2D eigenvalue weighted by molar-refractivity contribution is 7.18. The number of aromatic nitrogens is 2. The number of anilines is 1. The van der Waals surface area contributed by atoms with E-state index in [0.717, 1.165) is 41.9 Å². The van der Waals surface area contributed by atoms with Crippen LogP contribution in [0.4, 0.5) is 5.82 Å². The third kappa shape index (κ3) is 3.30. The lowest BCUT2D eigenvalue weighted by atomic mass is 9.94. The van der Waals surface area contributed by atoms with E-state index < -0.39 is 0 Å². The Morgan fingerprint density at radius 1 is 1.48 bits per heavy atom. The fourth-order valence-corrected chi connectivity index (χ4v) is 3.96. The molecule has 2 aromatic heterocycles. The van der Waals surface area contributed by atoms with Crippen LogP contribution < -0.4 is 5.32 Å². The van der Waals surface area contributed by atoms with Crippen molar-refractivity contribution in [3.05, 3.63) is 16.2 Å². The Morgan fingerprint density at radius 3 is 3.00 bits per heavy atom. The molecule has 21 heavy (non-hydrogen) atoms. The second-order valence-electron chi connectivity index (χ2n) is 6.07. The molecule has 0 radical (unpaired) electrons. The van der Waals surface area contributed by atoms with Gasteiger partial charge in [0.15, 0.2) is 0 Å². The molecule has 4 nitrogen and oxygen atoms in total. The molecule has 6 heteroatoms. The maximum absolute atomic E-state index is 6.07. The van der Waals surface area contributed by atoms with Gasteiger partial charge in [-0.2, -0.15) is 0 Å². The average molecular weight is 326 g/mol. The van der Waals surface area contributed by atoms with Gasteiger partial charge in [0, 0.05) is 17.5 Å². The summed E-state index contributed by atoms with van der Waals surface area (Å²) in [5.74, 6) is 0.851. The van der Waals surface area contributed by atoms with Crippen LogP contribution in [0.5, 0.6) is 0 Å². The Bertz CT molecular complexity index is 656. The third-order valence-electron chi connectivity index (χ3n) is 3.80. The molecular formula is C15H20ClN3OS. The lowest BCUT2D eigenvalue weighted by Crippen LogP contribution is -2.40. The number of hydrogen-bond acceptors (Lipinski definition) is 5. The minimum absolute atomic E-state index is 0.0882. The van der Waals surface area contributed by atoms with E-state index in [0.29, 0.717) is 11.3 Å². The predicted octanol–water partition coefficient (Wildman–Crippen LogP) is 4.28. The van der Waals surface area contributed by atoms with Gasteiger partial charge in [0.2, 0.25) is 5.28 Å². The standard InChI is InChI=1S/C15H20ClN3OS/c1-4-10-7-11-12(18-14(16)19-13(11)21-10)17-9-5-6-20-15(2,3)8-9/h7,9H,4-6,8H2,1-3H3,(H,17,18,19). The summed E-state index contributed by atoms with van der Waals surface area (Å²) in [7, 11) is 0. The largest absolute Gasteiger partial charge is 0.375 e. The van der Waals surface area contributed by atoms with E-state index in [4.69, 9.17) is 16.3 Å². The zero-order valence-corrected chi connectivity index (χ0v) is 14.1. The summed E-state index contributed by atoms with van der Waals surface area (Å²) in [6.45, 7) is 7.18. The van der Waals surface area contributed by atoms with Crippen LogP contribution in [0.1, 0.15) is 38.5 Å². The van der Waals surface area contributed by atoms with Crippen molar-refractivity contribution in [2.45, 2.75) is 51.7 Å². The summed E-state index contributed by atoms with van der Waals surface area (Å²) in [6.07, 6.45) is 2.95. The zero-order valence-electron chi connectivity index (χ0n) is 12.6. The topological polar surface area (TPSA) is 47.0 Å². The second kappa shape index (κ2) is 5.71. The van der Waals surface area contributed by atoms with Crippen molar-refractivity contribution in [1.29, 1.82) is 0 Å². The number of ether oxygens (including phenoxy) is 1. The summed E-state index contributed by atoms with van der Waals surface area (Å²) >= 11 is 7.76. The van der Waals surface area contributed by atoms with Crippen molar-refractivity contribution in [2.75, 3.05) is 11.9 Å². The quantitative estimate of drug-likeness (QED) is 0.856. The van der Waals surface area contributed by atoms with E-state index >= 15 is 0 Å². The van der Waals surface area contributed by atoms with E-state index in [1.54, 1.807) is 11.3 Å². The molecule has 1 aliphatic rings. The zero-order chi connectivity index (χ0) is 15.0. The number of halogens is 1. The number of aryl methyl sites for hydroxylation is 1. The fraction of sp³-hybridized carbons (Fsp3) is 0.600. The lowest BCUT2D eigenvalue weighted by molar-refractivity contribution is -0.0553. The molecule has 1 saturated heterocycles. The van der Waals surface area contributed by atoms with Crippen LogP contribution in [0.2, 0.25) is 5.28 Å². The SMILES string of the molecule is CCc1cc2c(NC3CCOC(C)(C)C3)nc(Cl)nc2s1. The molecule has 0 amide bonds. The molecule has 0 aliphatic carbocycles. The number of thiophene rings is 1. The highest BCUT2D eigenvalue weighted by Gasteiger charge is 2.29. The summed E-state index contributed by atoms with van der Waals surface area (Å²) in [4.78, 5) is 11.0. The smallest absolute Gasteiger partial charge is 0.225 e. The highest BCUT2D eigenvalue weighted by Crippen LogP contribution is 2.32. The summed E-state index contributed by atoms with van der Waals surface area (Å²) in [5.41, 5.74) is -0.0882. The Labute approximate surface area is 133 Å². The second-order valence-corrected chi connectivity index (χ2v) is 7.52. The van der Waals surface area contributed by atoms with E-state index in [2.05, 4.69) is 42.1 Å². The van der Waals surface area contributed by atoms with Gasteiger partial charge in [-0.05, 0) is 50.8 Å². The number of nitrogens with one attached hydrogen (secondary N) is 1. The minimum Gasteiger partial charge on any atom is -0.375 e. The summed E-state index contributed by atoms with van der Waals surface area (Å²) < 4.78 is 5.77. The molecule has 3 heterocycles. The normalized spacial score (nSPS) is 21.6. The van der Waals surface area contributed by atoms with Gasteiger partial charge >= 0.3 is 0 Å². The van der Waals surface area contributed by atoms with E-state index in [-0.39, 0.29) is 5.60 Å². The lowest BCUT2D eigenvalue weighted by Gasteiger charge is -2.36. The predicted molar refractivity (Wildman–Crippen MR) is 88.5 cm³/mol. The number of fused-ring (bicyclic) bond motifs is 1. The van der Waals surface area contributed by atoms with Crippen LogP contribution in [0.25, 0.3) is 10.2 Å². The van der Waals surface area contributed by atoms with Crippen molar-refractivity contribution in [3.8, 4) is 0 Å². The Morgan fingerprint density at radius 2 is 2.29 bits per heavy atom. The molecule has 0 aromatic carbocycles. The van der Waals surface area contributed by atoms with Crippen molar-refractivity contribution in [1.82, 2.24) is 9.97 Å². The minimum atomic E-state index is -0.0882. The number of nitrogens with zero attached hydrogens (tertiary/aromatic N) is 2. The van der Waals surface area contributed by atoms with Crippen molar-refractivity contribution < 1.29 is 4.74 Å². The van der Waals surface area contributed by atoms with E-state index in [1.165, 1.54) is 4.88 Å². The maximum Gasteiger partial charge on any atom is 0.225 e. The van der Waals surface area contributed by atoms with Gasteiger partial charge in [-0.1, -0.05) is 6.92 Å². The summed E-state index contributed by atoms with van der Waals surface area (Å²) in [6, 6.07) is 2.52. The van der Waals surface area contributed by atoms with Crippen LogP contribution in [0.3, 0.4) is 0 Å². The first-order valence-electron chi connectivity index (χ1n) is 7.33. The molecule has 3 rings (SSSR count). The van der Waals surface area contributed by atoms with Gasteiger partial charge in [-0.3, -0.25) is 0 Å². The van der Waals surface area contributed by atoms with Crippen LogP contribution in [0, 0.1) is 0 Å². The van der Waals surface area contributed by atoms with E-state index in [1.807, 2.05) is 0 Å². The average Bonchev–Trinajstić information content (AvgIpc) is 2.80. The Hall–Kier alpha value is -0.910. The Balaban J connectivity index is 1.90. The van der Waals surface area contributed by atoms with Gasteiger partial charge in [-0.15, -0.1) is 11.3 Å². The third-order valence-corrected chi connectivity index (χ3v) is 5.15. The maximum atomic E-state index is 6.07. The molecule has 0 spiro atoms. The molecule has 2 aromatic rings. The van der Waals surface area contributed by atoms with Crippen molar-refractivity contribution >= 4 is 39.0 Å². The molecule has 0 saturated carbocycles. The van der Waals surface area contributed by atoms with Crippen molar-refractivity contribution in [3.63, 3.8) is 0 Å². The summed E-state index contributed by atoms with van der Waals surface area (Å²) in [5, 5.41) is 4.93. The molecule has 1 atom stereocenters. The fourth-order valence-electron chi connectivity index (χ4n) is 2.78. The number of hydrogen-bond donors (Lipinski definition) is 1. The van der Waals surface area contributed by atoms with Gasteiger partial charge in [-0.25, -0.2) is 9.97 Å². The monoisotopic (exact) mass is 325 g/mol. The first-order chi connectivity index (χ1) is 9.97. The Kier molecular flexibility index (Phi) is 4.08. The van der Waals surface area contributed by atoms with Crippen LogP contribution in [-0.2, 0) is 11.2 Å². The van der Waals surface area contributed by atoms with Gasteiger partial charge in [0.25, 0.3) is 0 Å². The van der Waals surface area contributed by atoms with Crippen LogP contribution in [0.15, 0.2) is 6.07 Å². The first-order valence-corrected chi connectivity index (χ1v) is 8.53. The molecule has 114 valence electrons. The molecule has 1 unspecified atom stereocenters. The van der Waals surface area contributed by atoms with Crippen LogP contribution >= 0.6 is 22.9 Å². The van der Waals surface area contributed by atoms with Crippen molar-refractivity contribution in [2.24, 2.45) is 0 Å². The van der Waals surface area contributed by atoms with Gasteiger partial charge in [0.05, 0.1) is 11.0 Å². The molecule has 1 aliphatic heterocycles. The van der Waals surface area contributed by atoms with E-state index in [9.17, 15) is 0 Å². The highest BCUT2D eigenvalue weighted by atomic mass is 35.5. The van der Waals surface area contributed by atoms with Gasteiger partial charge < -0.3 is 10.1 Å². The van der Waals surface area contributed by atoms with Gasteiger partial charge in [0.1, 0.15) is 10.6 Å². The molecular weight excluding hydrogens is 306 g/mol. The molecule has 1 N–H and O–H groups in total. The molecule has 1 fully saturated rings. The van der Waals surface area contributed by atoms with Crippen LogP contribution in [-0.4, -0.2) is 28.2 Å².